The highest BCUT2D eigenvalue weighted by Crippen LogP contribution is 2.47. The van der Waals surface area contributed by atoms with Crippen LogP contribution >= 0.6 is 7.82 Å². The van der Waals surface area contributed by atoms with Gasteiger partial charge in [0.15, 0.2) is 0 Å². The van der Waals surface area contributed by atoms with Gasteiger partial charge in [-0.15, -0.1) is 0 Å². The molecule has 0 aromatic rings. The van der Waals surface area contributed by atoms with Gasteiger partial charge in [0, 0.05) is 38.5 Å². The number of phosphoric ester groups is 1. The third kappa shape index (κ3) is 13.7. The van der Waals surface area contributed by atoms with Crippen molar-refractivity contribution in [2.45, 2.75) is 143 Å². The Kier molecular flexibility index (Phi) is 15.9. The minimum atomic E-state index is -4.46. The molecular formula is C30H58N3O8P. The number of rotatable bonds is 19. The van der Waals surface area contributed by atoms with Crippen LogP contribution in [0.4, 0.5) is 0 Å². The summed E-state index contributed by atoms with van der Waals surface area (Å²) in [5, 5.41) is 3.25. The van der Waals surface area contributed by atoms with Crippen LogP contribution in [-0.4, -0.2) is 102 Å². The average Bonchev–Trinajstić information content (AvgIpc) is 3.46. The molecule has 2 amide bonds. The van der Waals surface area contributed by atoms with E-state index < -0.39 is 13.9 Å². The van der Waals surface area contributed by atoms with E-state index in [-0.39, 0.29) is 61.4 Å². The molecule has 0 bridgehead atoms. The summed E-state index contributed by atoms with van der Waals surface area (Å²) in [5.41, 5.74) is 0. The number of carbonyl (C=O) groups excluding carboxylic acids is 2. The van der Waals surface area contributed by atoms with Crippen LogP contribution in [0.5, 0.6) is 0 Å². The molecule has 2 fully saturated rings. The molecule has 2 heterocycles. The fourth-order valence-corrected chi connectivity index (χ4v) is 6.47. The van der Waals surface area contributed by atoms with E-state index in [0.717, 1.165) is 19.3 Å². The van der Waals surface area contributed by atoms with Gasteiger partial charge in [-0.2, -0.15) is 0 Å². The molecule has 246 valence electrons. The minimum Gasteiger partial charge on any atom is -0.377 e. The highest BCUT2D eigenvalue weighted by molar-refractivity contribution is 7.47. The Labute approximate surface area is 254 Å². The van der Waals surface area contributed by atoms with Crippen LogP contribution < -0.4 is 5.32 Å². The fourth-order valence-electron chi connectivity index (χ4n) is 5.52. The monoisotopic (exact) mass is 619 g/mol. The molecule has 2 aliphatic heterocycles. The van der Waals surface area contributed by atoms with Crippen molar-refractivity contribution in [2.24, 2.45) is 5.92 Å². The molecule has 0 aromatic carbocycles. The van der Waals surface area contributed by atoms with Gasteiger partial charge < -0.3 is 29.5 Å². The van der Waals surface area contributed by atoms with E-state index in [1.54, 1.807) is 9.80 Å². The lowest BCUT2D eigenvalue weighted by Gasteiger charge is -2.26. The molecule has 0 spiro atoms. The highest BCUT2D eigenvalue weighted by atomic mass is 31.2. The van der Waals surface area contributed by atoms with Crippen molar-refractivity contribution in [1.82, 2.24) is 15.1 Å². The fraction of sp³-hybridized carbons (Fsp3) is 0.933. The summed E-state index contributed by atoms with van der Waals surface area (Å²) < 4.78 is 35.9. The molecule has 42 heavy (non-hydrogen) atoms. The Bertz CT molecular complexity index is 871. The maximum absolute atomic E-state index is 13.1. The lowest BCUT2D eigenvalue weighted by molar-refractivity contribution is -0.134. The zero-order chi connectivity index (χ0) is 31.4. The lowest BCUT2D eigenvalue weighted by Crippen LogP contribution is -2.40. The number of unbranched alkanes of at least 4 members (excludes halogenated alkanes) is 1. The predicted octanol–water partition coefficient (Wildman–Crippen LogP) is 4.51. The van der Waals surface area contributed by atoms with Gasteiger partial charge in [-0.1, -0.05) is 40.5 Å². The first-order valence-electron chi connectivity index (χ1n) is 15.9. The van der Waals surface area contributed by atoms with Crippen molar-refractivity contribution in [2.75, 3.05) is 32.8 Å². The van der Waals surface area contributed by atoms with E-state index >= 15 is 0 Å². The number of hydrogen-bond donors (Lipinski definition) is 2. The van der Waals surface area contributed by atoms with Crippen LogP contribution in [0.3, 0.4) is 0 Å². The largest absolute Gasteiger partial charge is 0.472 e. The summed E-state index contributed by atoms with van der Waals surface area (Å²) >= 11 is 0. The predicted molar refractivity (Wildman–Crippen MR) is 163 cm³/mol. The summed E-state index contributed by atoms with van der Waals surface area (Å²) in [4.78, 5) is 40.2. The van der Waals surface area contributed by atoms with E-state index in [1.165, 1.54) is 0 Å². The van der Waals surface area contributed by atoms with E-state index in [2.05, 4.69) is 19.2 Å². The number of carbonyl (C=O) groups is 2. The van der Waals surface area contributed by atoms with Crippen molar-refractivity contribution in [3.05, 3.63) is 0 Å². The number of ether oxygens (including phenoxy) is 2. The third-order valence-corrected chi connectivity index (χ3v) is 8.55. The van der Waals surface area contributed by atoms with Gasteiger partial charge in [0.25, 0.3) is 0 Å². The topological polar surface area (TPSA) is 127 Å². The van der Waals surface area contributed by atoms with Crippen molar-refractivity contribution in [1.29, 1.82) is 0 Å². The summed E-state index contributed by atoms with van der Waals surface area (Å²) in [7, 11) is -4.46. The first-order valence-corrected chi connectivity index (χ1v) is 17.4. The summed E-state index contributed by atoms with van der Waals surface area (Å²) in [5.74, 6) is 0.561. The molecule has 2 saturated heterocycles. The Hall–Kier alpha value is -1.07. The van der Waals surface area contributed by atoms with Gasteiger partial charge >= 0.3 is 7.82 Å². The van der Waals surface area contributed by atoms with E-state index in [9.17, 15) is 19.0 Å². The van der Waals surface area contributed by atoms with E-state index in [0.29, 0.717) is 51.3 Å². The van der Waals surface area contributed by atoms with Gasteiger partial charge in [-0.3, -0.25) is 18.6 Å². The zero-order valence-corrected chi connectivity index (χ0v) is 28.1. The molecule has 2 aliphatic rings. The Balaban J connectivity index is 1.98. The summed E-state index contributed by atoms with van der Waals surface area (Å²) in [6, 6.07) is -0.359. The van der Waals surface area contributed by atoms with Crippen LogP contribution in [0, 0.1) is 5.92 Å². The quantitative estimate of drug-likeness (QED) is 0.159. The maximum atomic E-state index is 13.1. The molecule has 2 N–H and O–H groups in total. The van der Waals surface area contributed by atoms with Gasteiger partial charge in [0.2, 0.25) is 11.8 Å². The smallest absolute Gasteiger partial charge is 0.377 e. The third-order valence-electron chi connectivity index (χ3n) is 7.51. The van der Waals surface area contributed by atoms with Gasteiger partial charge in [0.1, 0.15) is 0 Å². The molecule has 0 radical (unpaired) electrons. The Morgan fingerprint density at radius 3 is 2.05 bits per heavy atom. The first kappa shape index (κ1) is 37.1. The van der Waals surface area contributed by atoms with Crippen molar-refractivity contribution >= 4 is 19.6 Å². The van der Waals surface area contributed by atoms with Crippen LogP contribution in [0.25, 0.3) is 0 Å². The number of phosphoric acid groups is 1. The second kappa shape index (κ2) is 18.0. The molecular weight excluding hydrogens is 561 g/mol. The van der Waals surface area contributed by atoms with Gasteiger partial charge in [-0.05, 0) is 52.9 Å². The second-order valence-corrected chi connectivity index (χ2v) is 14.5. The normalized spacial score (nSPS) is 24.5. The first-order chi connectivity index (χ1) is 19.7. The summed E-state index contributed by atoms with van der Waals surface area (Å²) in [6.07, 6.45) is 3.71. The van der Waals surface area contributed by atoms with Gasteiger partial charge in [-0.25, -0.2) is 4.57 Å². The van der Waals surface area contributed by atoms with Crippen LogP contribution in [-0.2, 0) is 32.7 Å². The molecule has 12 heteroatoms. The molecule has 2 unspecified atom stereocenters. The van der Waals surface area contributed by atoms with Crippen molar-refractivity contribution in [3.63, 3.8) is 0 Å². The highest BCUT2D eigenvalue weighted by Gasteiger charge is 2.41. The molecule has 2 rings (SSSR count). The number of amides is 2. The van der Waals surface area contributed by atoms with Crippen LogP contribution in [0.2, 0.25) is 0 Å². The van der Waals surface area contributed by atoms with E-state index in [4.69, 9.17) is 18.5 Å². The number of likely N-dealkylation sites (tertiary alicyclic amines) is 2. The summed E-state index contributed by atoms with van der Waals surface area (Å²) in [6.45, 7) is 17.5. The maximum Gasteiger partial charge on any atom is 0.472 e. The number of hydrogen-bond acceptors (Lipinski definition) is 8. The Morgan fingerprint density at radius 2 is 1.45 bits per heavy atom. The Morgan fingerprint density at radius 1 is 0.857 bits per heavy atom. The molecule has 0 aliphatic carbocycles. The van der Waals surface area contributed by atoms with Crippen LogP contribution in [0.1, 0.15) is 100 Å². The van der Waals surface area contributed by atoms with Crippen molar-refractivity contribution < 1.29 is 37.6 Å². The second-order valence-electron chi connectivity index (χ2n) is 13.1. The zero-order valence-electron chi connectivity index (χ0n) is 27.3. The molecule has 0 saturated carbocycles. The average molecular weight is 620 g/mol. The van der Waals surface area contributed by atoms with Gasteiger partial charge in [0.05, 0.1) is 49.7 Å². The minimum absolute atomic E-state index is 0.00624. The van der Waals surface area contributed by atoms with E-state index in [1.807, 2.05) is 41.5 Å². The molecule has 0 aromatic heterocycles. The standard InChI is InChI=1S/C30H58N3O8P/c1-21(2)11-9-10-12-29(34)32-17-27(40-24(7)8)15-26(32)20-39-42(36,37)41-28-16-25(19-38-23(5)6)33(18-28)30(35)13-14-31-22(3)4/h21-28,31H,9-20H2,1-8H3,(H,36,37)/t25-,26-,27+,28?/m0/s1. The van der Waals surface area contributed by atoms with Crippen LogP contribution in [0.15, 0.2) is 0 Å². The lowest BCUT2D eigenvalue weighted by atomic mass is 10.1. The molecule has 5 atom stereocenters. The van der Waals surface area contributed by atoms with Crippen molar-refractivity contribution in [3.8, 4) is 0 Å². The number of nitrogens with one attached hydrogen (secondary N) is 1. The molecule has 11 nitrogen and oxygen atoms in total. The SMILES string of the molecule is CC(C)CCCCC(=O)N1C[C@H](OC(C)C)C[C@H]1COP(=O)(O)OC1C[C@@H](COC(C)C)N(C(=O)CCNC(C)C)C1. The number of nitrogens with zero attached hydrogens (tertiary/aromatic N) is 2.